The summed E-state index contributed by atoms with van der Waals surface area (Å²) in [5.74, 6) is -0.270. The average Bonchev–Trinajstić information content (AvgIpc) is 3.54. The van der Waals surface area contributed by atoms with Crippen LogP contribution in [-0.4, -0.2) is 63.9 Å². The molecule has 0 radical (unpaired) electrons. The molecule has 0 aliphatic carbocycles. The number of aliphatic hydroxyl groups is 1. The van der Waals surface area contributed by atoms with Crippen molar-refractivity contribution in [1.82, 2.24) is 24.6 Å². The maximum atomic E-state index is 12.7. The van der Waals surface area contributed by atoms with Gasteiger partial charge in [0.2, 0.25) is 0 Å². The first-order valence-corrected chi connectivity index (χ1v) is 16.0. The van der Waals surface area contributed by atoms with Gasteiger partial charge in [-0.15, -0.1) is 0 Å². The van der Waals surface area contributed by atoms with Crippen molar-refractivity contribution in [2.24, 2.45) is 0 Å². The van der Waals surface area contributed by atoms with E-state index in [2.05, 4.69) is 29.6 Å². The number of benzene rings is 1. The van der Waals surface area contributed by atoms with Crippen molar-refractivity contribution in [1.29, 1.82) is 0 Å². The fourth-order valence-corrected chi connectivity index (χ4v) is 5.38. The lowest BCUT2D eigenvalue weighted by Gasteiger charge is -2.21. The third-order valence-corrected chi connectivity index (χ3v) is 8.57. The van der Waals surface area contributed by atoms with Crippen molar-refractivity contribution < 1.29 is 14.6 Å². The van der Waals surface area contributed by atoms with Gasteiger partial charge in [-0.2, -0.15) is 5.10 Å². The Labute approximate surface area is 211 Å². The molecule has 1 aliphatic heterocycles. The molecule has 8 nitrogen and oxygen atoms in total. The molecular formula is C27H33N5O3Si. The number of hydrogen-bond acceptors (Lipinski definition) is 5. The largest absolute Gasteiger partial charge is 0.375 e. The number of pyridine rings is 1. The molecule has 5 rings (SSSR count). The second kappa shape index (κ2) is 9.31. The number of likely N-dealkylation sites (tertiary alicyclic amines) is 1. The van der Waals surface area contributed by atoms with E-state index in [0.29, 0.717) is 31.9 Å². The number of rotatable bonds is 8. The van der Waals surface area contributed by atoms with Gasteiger partial charge in [0, 0.05) is 63.6 Å². The number of aromatic nitrogens is 4. The Kier molecular flexibility index (Phi) is 6.32. The van der Waals surface area contributed by atoms with Crippen LogP contribution in [0.1, 0.15) is 12.0 Å². The SMILES string of the molecule is CN1CC[C@@](O)(c2cccc(-c3cc(-c4c[nH]c5ncccc45)n(COCC[Si](C)(C)C)n3)c2)C1=O. The second-order valence-electron chi connectivity index (χ2n) is 10.8. The molecule has 1 amide bonds. The van der Waals surface area contributed by atoms with Crippen LogP contribution in [-0.2, 0) is 21.9 Å². The van der Waals surface area contributed by atoms with E-state index < -0.39 is 13.7 Å². The Hall–Kier alpha value is -3.27. The standard InChI is InChI=1S/C27H33N5O3Si/c1-31-12-10-27(34,26(31)33)20-8-5-7-19(15-20)23-16-24(22-17-29-25-21(22)9-6-11-28-25)32(30-23)18-35-13-14-36(2,3)4/h5-9,11,15-17,34H,10,12-14,18H2,1-4H3,(H,28,29)/t27-/m1/s1. The zero-order chi connectivity index (χ0) is 25.5. The Bertz CT molecular complexity index is 1410. The number of nitrogens with one attached hydrogen (secondary N) is 1. The average molecular weight is 504 g/mol. The van der Waals surface area contributed by atoms with Gasteiger partial charge in [-0.3, -0.25) is 4.79 Å². The summed E-state index contributed by atoms with van der Waals surface area (Å²) < 4.78 is 7.94. The molecule has 1 saturated heterocycles. The van der Waals surface area contributed by atoms with Gasteiger partial charge in [0.05, 0.1) is 11.4 Å². The van der Waals surface area contributed by atoms with E-state index in [1.807, 2.05) is 53.3 Å². The molecule has 1 aliphatic rings. The lowest BCUT2D eigenvalue weighted by atomic mass is 9.90. The minimum absolute atomic E-state index is 0.270. The van der Waals surface area contributed by atoms with Crippen LogP contribution < -0.4 is 0 Å². The smallest absolute Gasteiger partial charge is 0.258 e. The number of likely N-dealkylation sites (N-methyl/N-ethyl adjacent to an activating group) is 1. The first-order chi connectivity index (χ1) is 17.2. The summed E-state index contributed by atoms with van der Waals surface area (Å²) in [5.41, 5.74) is 3.40. The van der Waals surface area contributed by atoms with Crippen LogP contribution in [0.5, 0.6) is 0 Å². The minimum atomic E-state index is -1.50. The number of carbonyl (C=O) groups is 1. The summed E-state index contributed by atoms with van der Waals surface area (Å²) in [4.78, 5) is 21.9. The van der Waals surface area contributed by atoms with Crippen LogP contribution in [0.3, 0.4) is 0 Å². The molecule has 188 valence electrons. The van der Waals surface area contributed by atoms with E-state index in [4.69, 9.17) is 9.84 Å². The maximum absolute atomic E-state index is 12.7. The van der Waals surface area contributed by atoms with Crippen molar-refractivity contribution in [2.45, 2.75) is 44.4 Å². The number of ether oxygens (including phenoxy) is 1. The summed E-state index contributed by atoms with van der Waals surface area (Å²) >= 11 is 0. The number of fused-ring (bicyclic) bond motifs is 1. The molecule has 4 aromatic rings. The molecule has 0 spiro atoms. The van der Waals surface area contributed by atoms with Crippen LogP contribution >= 0.6 is 0 Å². The number of aromatic amines is 1. The second-order valence-corrected chi connectivity index (χ2v) is 16.4. The van der Waals surface area contributed by atoms with Crippen molar-refractivity contribution in [3.05, 3.63) is 60.4 Å². The molecule has 9 heteroatoms. The minimum Gasteiger partial charge on any atom is -0.375 e. The van der Waals surface area contributed by atoms with Gasteiger partial charge >= 0.3 is 0 Å². The quantitative estimate of drug-likeness (QED) is 0.273. The Morgan fingerprint density at radius 3 is 2.78 bits per heavy atom. The zero-order valence-electron chi connectivity index (χ0n) is 21.3. The third kappa shape index (κ3) is 4.61. The van der Waals surface area contributed by atoms with Crippen LogP contribution in [0.15, 0.2) is 54.9 Å². The molecule has 1 atom stereocenters. The van der Waals surface area contributed by atoms with Gasteiger partial charge in [-0.05, 0) is 35.9 Å². The van der Waals surface area contributed by atoms with Crippen molar-refractivity contribution >= 4 is 25.0 Å². The highest BCUT2D eigenvalue weighted by atomic mass is 28.3. The molecule has 2 N–H and O–H groups in total. The highest BCUT2D eigenvalue weighted by molar-refractivity contribution is 6.76. The van der Waals surface area contributed by atoms with Gasteiger partial charge in [0.1, 0.15) is 12.4 Å². The third-order valence-electron chi connectivity index (χ3n) is 6.86. The molecular weight excluding hydrogens is 470 g/mol. The van der Waals surface area contributed by atoms with Crippen LogP contribution in [0.4, 0.5) is 0 Å². The van der Waals surface area contributed by atoms with Crippen molar-refractivity contribution in [3.63, 3.8) is 0 Å². The molecule has 4 heterocycles. The Morgan fingerprint density at radius 1 is 1.19 bits per heavy atom. The maximum Gasteiger partial charge on any atom is 0.258 e. The van der Waals surface area contributed by atoms with Crippen molar-refractivity contribution in [2.75, 3.05) is 20.2 Å². The Balaban J connectivity index is 1.51. The van der Waals surface area contributed by atoms with Crippen LogP contribution in [0.2, 0.25) is 25.7 Å². The predicted octanol–water partition coefficient (Wildman–Crippen LogP) is 4.46. The lowest BCUT2D eigenvalue weighted by molar-refractivity contribution is -0.143. The highest BCUT2D eigenvalue weighted by Crippen LogP contribution is 2.36. The van der Waals surface area contributed by atoms with E-state index in [9.17, 15) is 9.90 Å². The highest BCUT2D eigenvalue weighted by Gasteiger charge is 2.45. The summed E-state index contributed by atoms with van der Waals surface area (Å²) in [7, 11) is 0.513. The fraction of sp³-hybridized carbons (Fsp3) is 0.370. The summed E-state index contributed by atoms with van der Waals surface area (Å²) in [6, 6.07) is 14.6. The molecule has 1 aromatic carbocycles. The van der Waals surface area contributed by atoms with Gasteiger partial charge in [0.25, 0.3) is 5.91 Å². The zero-order valence-corrected chi connectivity index (χ0v) is 22.3. The van der Waals surface area contributed by atoms with Crippen LogP contribution in [0, 0.1) is 0 Å². The Morgan fingerprint density at radius 2 is 2.03 bits per heavy atom. The molecule has 1 fully saturated rings. The predicted molar refractivity (Wildman–Crippen MR) is 143 cm³/mol. The van der Waals surface area contributed by atoms with E-state index in [1.165, 1.54) is 0 Å². The van der Waals surface area contributed by atoms with Crippen LogP contribution in [0.25, 0.3) is 33.5 Å². The number of hydrogen-bond donors (Lipinski definition) is 2. The van der Waals surface area contributed by atoms with E-state index in [1.54, 1.807) is 18.1 Å². The van der Waals surface area contributed by atoms with E-state index in [-0.39, 0.29) is 5.91 Å². The normalized spacial score (nSPS) is 18.5. The van der Waals surface area contributed by atoms with Crippen molar-refractivity contribution in [3.8, 4) is 22.5 Å². The summed E-state index contributed by atoms with van der Waals surface area (Å²) in [6.45, 7) is 8.56. The van der Waals surface area contributed by atoms with Gasteiger partial charge in [0.15, 0.2) is 5.60 Å². The van der Waals surface area contributed by atoms with E-state index >= 15 is 0 Å². The number of H-pyrrole nitrogens is 1. The number of nitrogens with zero attached hydrogens (tertiary/aromatic N) is 4. The number of carbonyl (C=O) groups excluding carboxylic acids is 1. The molecule has 3 aromatic heterocycles. The van der Waals surface area contributed by atoms with Gasteiger partial charge in [-0.1, -0.05) is 37.8 Å². The summed E-state index contributed by atoms with van der Waals surface area (Å²) in [6.07, 6.45) is 4.09. The van der Waals surface area contributed by atoms with Gasteiger partial charge < -0.3 is 19.7 Å². The molecule has 36 heavy (non-hydrogen) atoms. The molecule has 0 unspecified atom stereocenters. The monoisotopic (exact) mass is 503 g/mol. The van der Waals surface area contributed by atoms with E-state index in [0.717, 1.165) is 39.6 Å². The first-order valence-electron chi connectivity index (χ1n) is 12.3. The lowest BCUT2D eigenvalue weighted by Crippen LogP contribution is -2.36. The summed E-state index contributed by atoms with van der Waals surface area (Å²) in [5, 5.41) is 17.1. The topological polar surface area (TPSA) is 96.3 Å². The first kappa shape index (κ1) is 24.4. The molecule has 0 bridgehead atoms. The van der Waals surface area contributed by atoms with Gasteiger partial charge in [-0.25, -0.2) is 9.67 Å². The fourth-order valence-electron chi connectivity index (χ4n) is 4.63. The molecule has 0 saturated carbocycles. The number of amides is 1.